The van der Waals surface area contributed by atoms with Gasteiger partial charge in [-0.3, -0.25) is 0 Å². The SMILES string of the molecule is COc1ccccc1CNc1cc(Cl)nc(-c2cccc(F)c2)n1. The highest BCUT2D eigenvalue weighted by molar-refractivity contribution is 6.29. The molecule has 0 atom stereocenters. The van der Waals surface area contributed by atoms with E-state index < -0.39 is 0 Å². The van der Waals surface area contributed by atoms with Crippen LogP contribution in [-0.2, 0) is 6.54 Å². The number of anilines is 1. The summed E-state index contributed by atoms with van der Waals surface area (Å²) in [5.41, 5.74) is 1.56. The number of benzene rings is 2. The van der Waals surface area contributed by atoms with E-state index >= 15 is 0 Å². The first-order valence-corrected chi connectivity index (χ1v) is 7.70. The van der Waals surface area contributed by atoms with Crippen LogP contribution in [0.5, 0.6) is 5.75 Å². The number of hydrogen-bond donors (Lipinski definition) is 1. The van der Waals surface area contributed by atoms with E-state index in [1.165, 1.54) is 12.1 Å². The van der Waals surface area contributed by atoms with E-state index in [1.54, 1.807) is 25.3 Å². The van der Waals surface area contributed by atoms with Gasteiger partial charge >= 0.3 is 0 Å². The van der Waals surface area contributed by atoms with E-state index in [2.05, 4.69) is 15.3 Å². The van der Waals surface area contributed by atoms with Crippen molar-refractivity contribution in [3.63, 3.8) is 0 Å². The average Bonchev–Trinajstić information content (AvgIpc) is 2.60. The van der Waals surface area contributed by atoms with Crippen LogP contribution in [0.1, 0.15) is 5.56 Å². The van der Waals surface area contributed by atoms with E-state index in [4.69, 9.17) is 16.3 Å². The van der Waals surface area contributed by atoms with Crippen molar-refractivity contribution >= 4 is 17.4 Å². The third-order valence-corrected chi connectivity index (χ3v) is 3.62. The molecule has 6 heteroatoms. The van der Waals surface area contributed by atoms with Crippen LogP contribution >= 0.6 is 11.6 Å². The normalized spacial score (nSPS) is 10.5. The third kappa shape index (κ3) is 3.81. The Morgan fingerprint density at radius 2 is 1.92 bits per heavy atom. The summed E-state index contributed by atoms with van der Waals surface area (Å²) in [6, 6.07) is 15.4. The monoisotopic (exact) mass is 343 g/mol. The lowest BCUT2D eigenvalue weighted by molar-refractivity contribution is 0.410. The van der Waals surface area contributed by atoms with Crippen molar-refractivity contribution in [3.8, 4) is 17.1 Å². The van der Waals surface area contributed by atoms with E-state index in [0.29, 0.717) is 23.8 Å². The smallest absolute Gasteiger partial charge is 0.163 e. The van der Waals surface area contributed by atoms with Gasteiger partial charge in [0.15, 0.2) is 5.82 Å². The van der Waals surface area contributed by atoms with Crippen LogP contribution in [0, 0.1) is 5.82 Å². The van der Waals surface area contributed by atoms with Gasteiger partial charge < -0.3 is 10.1 Å². The zero-order chi connectivity index (χ0) is 16.9. The molecule has 0 spiro atoms. The maximum atomic E-state index is 13.4. The van der Waals surface area contributed by atoms with Crippen LogP contribution in [0.15, 0.2) is 54.6 Å². The van der Waals surface area contributed by atoms with E-state index in [-0.39, 0.29) is 11.0 Å². The Labute approximate surface area is 144 Å². The predicted molar refractivity (Wildman–Crippen MR) is 92.8 cm³/mol. The maximum Gasteiger partial charge on any atom is 0.163 e. The topological polar surface area (TPSA) is 47.0 Å². The van der Waals surface area contributed by atoms with E-state index in [9.17, 15) is 4.39 Å². The van der Waals surface area contributed by atoms with Gasteiger partial charge in [0.2, 0.25) is 0 Å². The van der Waals surface area contributed by atoms with Crippen molar-refractivity contribution in [1.82, 2.24) is 9.97 Å². The minimum atomic E-state index is -0.348. The summed E-state index contributed by atoms with van der Waals surface area (Å²) in [6.45, 7) is 0.514. The summed E-state index contributed by atoms with van der Waals surface area (Å²) in [6.07, 6.45) is 0. The summed E-state index contributed by atoms with van der Waals surface area (Å²) in [4.78, 5) is 8.56. The van der Waals surface area contributed by atoms with Crippen LogP contribution in [-0.4, -0.2) is 17.1 Å². The van der Waals surface area contributed by atoms with Gasteiger partial charge in [0, 0.05) is 23.7 Å². The van der Waals surface area contributed by atoms with Crippen molar-refractivity contribution < 1.29 is 9.13 Å². The van der Waals surface area contributed by atoms with Crippen LogP contribution in [0.25, 0.3) is 11.4 Å². The van der Waals surface area contributed by atoms with Gasteiger partial charge in [0.25, 0.3) is 0 Å². The number of methoxy groups -OCH3 is 1. The van der Waals surface area contributed by atoms with E-state index in [1.807, 2.05) is 24.3 Å². The molecule has 122 valence electrons. The van der Waals surface area contributed by atoms with Crippen LogP contribution in [0.2, 0.25) is 5.15 Å². The number of halogens is 2. The molecule has 0 saturated carbocycles. The number of para-hydroxylation sites is 1. The molecule has 2 aromatic carbocycles. The number of ether oxygens (including phenoxy) is 1. The second kappa shape index (κ2) is 7.27. The fraction of sp³-hybridized carbons (Fsp3) is 0.111. The molecule has 0 saturated heterocycles. The van der Waals surface area contributed by atoms with Crippen LogP contribution in [0.4, 0.5) is 10.2 Å². The lowest BCUT2D eigenvalue weighted by Gasteiger charge is -2.11. The Hall–Kier alpha value is -2.66. The molecule has 24 heavy (non-hydrogen) atoms. The molecule has 0 aliphatic rings. The summed E-state index contributed by atoms with van der Waals surface area (Å²) >= 11 is 6.07. The number of rotatable bonds is 5. The van der Waals surface area contributed by atoms with Gasteiger partial charge in [-0.25, -0.2) is 14.4 Å². The molecule has 0 aliphatic heterocycles. The zero-order valence-corrected chi connectivity index (χ0v) is 13.7. The number of hydrogen-bond acceptors (Lipinski definition) is 4. The highest BCUT2D eigenvalue weighted by Gasteiger charge is 2.08. The zero-order valence-electron chi connectivity index (χ0n) is 13.0. The van der Waals surface area contributed by atoms with Crippen LogP contribution < -0.4 is 10.1 Å². The van der Waals surface area contributed by atoms with Gasteiger partial charge in [-0.2, -0.15) is 0 Å². The van der Waals surface area contributed by atoms with Crippen molar-refractivity contribution in [3.05, 3.63) is 71.1 Å². The summed E-state index contributed by atoms with van der Waals surface area (Å²) < 4.78 is 18.7. The molecule has 0 fully saturated rings. The van der Waals surface area contributed by atoms with Crippen molar-refractivity contribution in [1.29, 1.82) is 0 Å². The van der Waals surface area contributed by atoms with Crippen LogP contribution in [0.3, 0.4) is 0 Å². The first-order chi connectivity index (χ1) is 11.7. The standard InChI is InChI=1S/C18H15ClFN3O/c1-24-15-8-3-2-5-13(15)11-21-17-10-16(19)22-18(23-17)12-6-4-7-14(20)9-12/h2-10H,11H2,1H3,(H,21,22,23). The summed E-state index contributed by atoms with van der Waals surface area (Å²) in [5.74, 6) is 1.36. The second-order valence-electron chi connectivity index (χ2n) is 5.08. The predicted octanol–water partition coefficient (Wildman–Crippen LogP) is 4.56. The third-order valence-electron chi connectivity index (χ3n) is 3.43. The molecule has 1 aromatic heterocycles. The lowest BCUT2D eigenvalue weighted by Crippen LogP contribution is -2.04. The quantitative estimate of drug-likeness (QED) is 0.690. The molecule has 3 aromatic rings. The fourth-order valence-electron chi connectivity index (χ4n) is 2.30. The van der Waals surface area contributed by atoms with Gasteiger partial charge in [-0.1, -0.05) is 41.9 Å². The molecule has 0 amide bonds. The first-order valence-electron chi connectivity index (χ1n) is 7.32. The highest BCUT2D eigenvalue weighted by atomic mass is 35.5. The molecule has 3 rings (SSSR count). The van der Waals surface area contributed by atoms with Gasteiger partial charge in [-0.15, -0.1) is 0 Å². The second-order valence-corrected chi connectivity index (χ2v) is 5.46. The molecule has 0 unspecified atom stereocenters. The first kappa shape index (κ1) is 16.2. The minimum Gasteiger partial charge on any atom is -0.496 e. The Morgan fingerprint density at radius 3 is 2.71 bits per heavy atom. The van der Waals surface area contributed by atoms with Gasteiger partial charge in [-0.05, 0) is 18.2 Å². The Bertz CT molecular complexity index is 857. The number of nitrogens with one attached hydrogen (secondary N) is 1. The van der Waals surface area contributed by atoms with E-state index in [0.717, 1.165) is 11.3 Å². The Kier molecular flexibility index (Phi) is 4.91. The number of nitrogens with zero attached hydrogens (tertiary/aromatic N) is 2. The minimum absolute atomic E-state index is 0.284. The highest BCUT2D eigenvalue weighted by Crippen LogP contribution is 2.23. The number of aromatic nitrogens is 2. The molecule has 0 aliphatic carbocycles. The van der Waals surface area contributed by atoms with Gasteiger partial charge in [0.1, 0.15) is 22.5 Å². The summed E-state index contributed by atoms with van der Waals surface area (Å²) in [5, 5.41) is 3.48. The molecular formula is C18H15ClFN3O. The Morgan fingerprint density at radius 1 is 1.08 bits per heavy atom. The van der Waals surface area contributed by atoms with Crippen molar-refractivity contribution in [2.75, 3.05) is 12.4 Å². The summed E-state index contributed by atoms with van der Waals surface area (Å²) in [7, 11) is 1.63. The molecule has 1 N–H and O–H groups in total. The molecule has 0 radical (unpaired) electrons. The fourth-order valence-corrected chi connectivity index (χ4v) is 2.48. The maximum absolute atomic E-state index is 13.4. The molecule has 1 heterocycles. The molecule has 0 bridgehead atoms. The molecule has 4 nitrogen and oxygen atoms in total. The van der Waals surface area contributed by atoms with Crippen molar-refractivity contribution in [2.24, 2.45) is 0 Å². The molecular weight excluding hydrogens is 329 g/mol. The lowest BCUT2D eigenvalue weighted by atomic mass is 10.2. The van der Waals surface area contributed by atoms with Gasteiger partial charge in [0.05, 0.1) is 7.11 Å². The Balaban J connectivity index is 1.84. The largest absolute Gasteiger partial charge is 0.496 e. The average molecular weight is 344 g/mol. The van der Waals surface area contributed by atoms with Crippen molar-refractivity contribution in [2.45, 2.75) is 6.54 Å².